The molecule has 3 aromatic rings. The maximum atomic E-state index is 5.34. The number of aromatic nitrogens is 3. The van der Waals surface area contributed by atoms with Gasteiger partial charge in [0.05, 0.1) is 12.3 Å². The zero-order valence-corrected chi connectivity index (χ0v) is 11.1. The molecule has 0 fully saturated rings. The highest BCUT2D eigenvalue weighted by atomic mass is 32.1. The van der Waals surface area contributed by atoms with Crippen LogP contribution in [-0.4, -0.2) is 15.2 Å². The number of nitrogens with zero attached hydrogens (tertiary/aromatic N) is 3. The number of anilines is 1. The summed E-state index contributed by atoms with van der Waals surface area (Å²) in [5.74, 6) is 0.870. The number of nitrogens with one attached hydrogen (secondary N) is 1. The van der Waals surface area contributed by atoms with E-state index in [4.69, 9.17) is 4.42 Å². The minimum atomic E-state index is 0.0551. The van der Waals surface area contributed by atoms with Crippen LogP contribution in [0.1, 0.15) is 18.7 Å². The molecule has 0 radical (unpaired) electrons. The molecule has 0 aromatic carbocycles. The molecular formula is C13H12N4OS. The molecule has 0 spiro atoms. The van der Waals surface area contributed by atoms with E-state index in [1.807, 2.05) is 37.3 Å². The first-order valence-electron chi connectivity index (χ1n) is 5.88. The summed E-state index contributed by atoms with van der Waals surface area (Å²) in [6, 6.07) is 9.58. The third-order valence-electron chi connectivity index (χ3n) is 2.62. The third kappa shape index (κ3) is 2.63. The van der Waals surface area contributed by atoms with E-state index in [1.54, 1.807) is 12.5 Å². The fraction of sp³-hybridized carbons (Fsp3) is 0.154. The molecule has 3 aromatic heterocycles. The molecule has 0 aliphatic carbocycles. The zero-order chi connectivity index (χ0) is 13.1. The molecule has 19 heavy (non-hydrogen) atoms. The highest BCUT2D eigenvalue weighted by Crippen LogP contribution is 2.27. The van der Waals surface area contributed by atoms with Crippen molar-refractivity contribution in [3.63, 3.8) is 0 Å². The van der Waals surface area contributed by atoms with Crippen LogP contribution >= 0.6 is 11.3 Å². The van der Waals surface area contributed by atoms with Crippen LogP contribution in [0.25, 0.3) is 10.7 Å². The van der Waals surface area contributed by atoms with Gasteiger partial charge in [-0.1, -0.05) is 17.4 Å². The molecule has 0 aliphatic rings. The SMILES string of the molecule is CC(Nc1nnc(-c2ccccn2)s1)c1ccco1. The van der Waals surface area contributed by atoms with E-state index < -0.39 is 0 Å². The van der Waals surface area contributed by atoms with Crippen molar-refractivity contribution in [1.29, 1.82) is 0 Å². The molecule has 1 atom stereocenters. The van der Waals surface area contributed by atoms with Crippen molar-refractivity contribution < 1.29 is 4.42 Å². The van der Waals surface area contributed by atoms with Gasteiger partial charge in [-0.25, -0.2) is 0 Å². The van der Waals surface area contributed by atoms with E-state index in [0.717, 1.165) is 21.6 Å². The molecule has 3 heterocycles. The van der Waals surface area contributed by atoms with Crippen LogP contribution < -0.4 is 5.32 Å². The average Bonchev–Trinajstić information content (AvgIpc) is 3.11. The van der Waals surface area contributed by atoms with Crippen molar-refractivity contribution in [3.8, 4) is 10.7 Å². The maximum Gasteiger partial charge on any atom is 0.206 e. The van der Waals surface area contributed by atoms with Gasteiger partial charge in [0.15, 0.2) is 5.01 Å². The maximum absolute atomic E-state index is 5.34. The van der Waals surface area contributed by atoms with Crippen LogP contribution in [0.5, 0.6) is 0 Å². The van der Waals surface area contributed by atoms with Crippen molar-refractivity contribution in [2.75, 3.05) is 5.32 Å². The van der Waals surface area contributed by atoms with E-state index in [2.05, 4.69) is 20.5 Å². The Kier molecular flexibility index (Phi) is 3.24. The first-order chi connectivity index (χ1) is 9.33. The lowest BCUT2D eigenvalue weighted by molar-refractivity contribution is 0.490. The number of rotatable bonds is 4. The monoisotopic (exact) mass is 272 g/mol. The Labute approximate surface area is 114 Å². The molecule has 96 valence electrons. The lowest BCUT2D eigenvalue weighted by Gasteiger charge is -2.08. The van der Waals surface area contributed by atoms with Gasteiger partial charge in [-0.15, -0.1) is 10.2 Å². The average molecular weight is 272 g/mol. The van der Waals surface area contributed by atoms with Gasteiger partial charge >= 0.3 is 0 Å². The van der Waals surface area contributed by atoms with Gasteiger partial charge in [0.1, 0.15) is 11.5 Å². The summed E-state index contributed by atoms with van der Waals surface area (Å²) in [5.41, 5.74) is 0.832. The van der Waals surface area contributed by atoms with Crippen molar-refractivity contribution in [2.24, 2.45) is 0 Å². The Morgan fingerprint density at radius 2 is 2.16 bits per heavy atom. The lowest BCUT2D eigenvalue weighted by Crippen LogP contribution is -2.04. The second kappa shape index (κ2) is 5.19. The quantitative estimate of drug-likeness (QED) is 0.789. The van der Waals surface area contributed by atoms with Gasteiger partial charge in [0.2, 0.25) is 5.13 Å². The second-order valence-electron chi connectivity index (χ2n) is 4.01. The van der Waals surface area contributed by atoms with E-state index in [9.17, 15) is 0 Å². The Morgan fingerprint density at radius 3 is 2.89 bits per heavy atom. The standard InChI is InChI=1S/C13H12N4OS/c1-9(11-6-4-8-18-11)15-13-17-16-12(19-13)10-5-2-3-7-14-10/h2-9H,1H3,(H,15,17). The van der Waals surface area contributed by atoms with E-state index >= 15 is 0 Å². The van der Waals surface area contributed by atoms with Crippen LogP contribution in [0.3, 0.4) is 0 Å². The van der Waals surface area contributed by atoms with Crippen LogP contribution in [0.15, 0.2) is 47.2 Å². The molecule has 0 bridgehead atoms. The van der Waals surface area contributed by atoms with Crippen LogP contribution in [0.2, 0.25) is 0 Å². The fourth-order valence-electron chi connectivity index (χ4n) is 1.67. The highest BCUT2D eigenvalue weighted by molar-refractivity contribution is 7.18. The summed E-state index contributed by atoms with van der Waals surface area (Å²) in [4.78, 5) is 4.25. The van der Waals surface area contributed by atoms with E-state index in [1.165, 1.54) is 11.3 Å². The molecule has 1 unspecified atom stereocenters. The van der Waals surface area contributed by atoms with Crippen molar-refractivity contribution >= 4 is 16.5 Å². The fourth-order valence-corrected chi connectivity index (χ4v) is 2.48. The summed E-state index contributed by atoms with van der Waals surface area (Å²) >= 11 is 1.47. The van der Waals surface area contributed by atoms with Gasteiger partial charge in [-0.05, 0) is 31.2 Å². The minimum Gasteiger partial charge on any atom is -0.467 e. The van der Waals surface area contributed by atoms with Crippen molar-refractivity contribution in [2.45, 2.75) is 13.0 Å². The molecule has 0 amide bonds. The first kappa shape index (κ1) is 11.9. The summed E-state index contributed by atoms with van der Waals surface area (Å²) in [5, 5.41) is 13.1. The molecular weight excluding hydrogens is 260 g/mol. The van der Waals surface area contributed by atoms with Crippen LogP contribution in [0.4, 0.5) is 5.13 Å². The van der Waals surface area contributed by atoms with Gasteiger partial charge in [-0.3, -0.25) is 4.98 Å². The molecule has 3 rings (SSSR count). The van der Waals surface area contributed by atoms with Crippen LogP contribution in [0, 0.1) is 0 Å². The zero-order valence-electron chi connectivity index (χ0n) is 10.3. The summed E-state index contributed by atoms with van der Waals surface area (Å²) < 4.78 is 5.34. The number of furan rings is 1. The predicted octanol–water partition coefficient (Wildman–Crippen LogP) is 3.37. The van der Waals surface area contributed by atoms with Crippen molar-refractivity contribution in [1.82, 2.24) is 15.2 Å². The Bertz CT molecular complexity index is 636. The Morgan fingerprint density at radius 1 is 1.21 bits per heavy atom. The third-order valence-corrected chi connectivity index (χ3v) is 3.50. The summed E-state index contributed by atoms with van der Waals surface area (Å²) in [6.07, 6.45) is 3.41. The second-order valence-corrected chi connectivity index (χ2v) is 4.99. The Balaban J connectivity index is 1.75. The molecule has 0 aliphatic heterocycles. The smallest absolute Gasteiger partial charge is 0.206 e. The summed E-state index contributed by atoms with van der Waals surface area (Å²) in [6.45, 7) is 2.01. The molecule has 6 heteroatoms. The van der Waals surface area contributed by atoms with Gasteiger partial charge in [-0.2, -0.15) is 0 Å². The highest BCUT2D eigenvalue weighted by Gasteiger charge is 2.12. The Hall–Kier alpha value is -2.21. The molecule has 1 N–H and O–H groups in total. The van der Waals surface area contributed by atoms with Crippen molar-refractivity contribution in [3.05, 3.63) is 48.6 Å². The molecule has 0 saturated carbocycles. The molecule has 0 saturated heterocycles. The van der Waals surface area contributed by atoms with E-state index in [0.29, 0.717) is 0 Å². The minimum absolute atomic E-state index is 0.0551. The number of pyridine rings is 1. The number of hydrogen-bond donors (Lipinski definition) is 1. The van der Waals surface area contributed by atoms with Gasteiger partial charge in [0.25, 0.3) is 0 Å². The summed E-state index contributed by atoms with van der Waals surface area (Å²) in [7, 11) is 0. The topological polar surface area (TPSA) is 63.8 Å². The van der Waals surface area contributed by atoms with Gasteiger partial charge in [0, 0.05) is 6.20 Å². The van der Waals surface area contributed by atoms with Gasteiger partial charge < -0.3 is 9.73 Å². The predicted molar refractivity (Wildman–Crippen MR) is 73.9 cm³/mol. The molecule has 5 nitrogen and oxygen atoms in total. The largest absolute Gasteiger partial charge is 0.467 e. The van der Waals surface area contributed by atoms with E-state index in [-0.39, 0.29) is 6.04 Å². The van der Waals surface area contributed by atoms with Crippen LogP contribution in [-0.2, 0) is 0 Å². The number of hydrogen-bond acceptors (Lipinski definition) is 6. The first-order valence-corrected chi connectivity index (χ1v) is 6.69. The normalized spacial score (nSPS) is 12.3. The lowest BCUT2D eigenvalue weighted by atomic mass is 10.3.